The molecule has 0 aliphatic carbocycles. The predicted octanol–water partition coefficient (Wildman–Crippen LogP) is 5.40. The van der Waals surface area contributed by atoms with Crippen LogP contribution < -0.4 is 4.90 Å². The van der Waals surface area contributed by atoms with E-state index in [4.69, 9.17) is 23.2 Å². The Hall–Kier alpha value is -1.51. The summed E-state index contributed by atoms with van der Waals surface area (Å²) in [6, 6.07) is 16.1. The standard InChI is InChI=1S/C20H21Cl2NO/c1-19(2)13-20(3,14-8-10-15(22)11-9-14)16-6-4-5-7-17(16)23(19)18(24)12-21/h4-11H,12-13H2,1-3H3/t20-/m1/s1. The van der Waals surface area contributed by atoms with E-state index in [-0.39, 0.29) is 22.7 Å². The van der Waals surface area contributed by atoms with E-state index in [1.807, 2.05) is 35.2 Å². The van der Waals surface area contributed by atoms with Gasteiger partial charge in [-0.2, -0.15) is 0 Å². The van der Waals surface area contributed by atoms with E-state index >= 15 is 0 Å². The minimum atomic E-state index is -0.339. The molecule has 1 heterocycles. The number of halogens is 2. The highest BCUT2D eigenvalue weighted by atomic mass is 35.5. The van der Waals surface area contributed by atoms with Crippen LogP contribution in [0.1, 0.15) is 38.3 Å². The van der Waals surface area contributed by atoms with Crippen LogP contribution in [0, 0.1) is 0 Å². The Kier molecular flexibility index (Phi) is 4.39. The maximum atomic E-state index is 12.5. The fraction of sp³-hybridized carbons (Fsp3) is 0.350. The lowest BCUT2D eigenvalue weighted by atomic mass is 9.65. The van der Waals surface area contributed by atoms with Crippen molar-refractivity contribution < 1.29 is 4.79 Å². The average Bonchev–Trinajstić information content (AvgIpc) is 2.54. The van der Waals surface area contributed by atoms with Crippen LogP contribution in [0.3, 0.4) is 0 Å². The van der Waals surface area contributed by atoms with Crippen LogP contribution in [-0.4, -0.2) is 17.3 Å². The Labute approximate surface area is 153 Å². The number of hydrogen-bond acceptors (Lipinski definition) is 1. The fourth-order valence-corrected chi connectivity index (χ4v) is 4.35. The second-order valence-corrected chi connectivity index (χ2v) is 7.91. The predicted molar refractivity (Wildman–Crippen MR) is 101 cm³/mol. The molecule has 0 unspecified atom stereocenters. The summed E-state index contributed by atoms with van der Waals surface area (Å²) in [5, 5.41) is 0.727. The summed E-state index contributed by atoms with van der Waals surface area (Å²) in [4.78, 5) is 14.4. The molecule has 1 amide bonds. The van der Waals surface area contributed by atoms with Crippen LogP contribution in [0.2, 0.25) is 5.02 Å². The molecule has 4 heteroatoms. The van der Waals surface area contributed by atoms with Crippen LogP contribution >= 0.6 is 23.2 Å². The van der Waals surface area contributed by atoms with Crippen molar-refractivity contribution in [2.45, 2.75) is 38.1 Å². The van der Waals surface area contributed by atoms with Gasteiger partial charge in [-0.1, -0.05) is 48.9 Å². The van der Waals surface area contributed by atoms with Crippen LogP contribution in [0.5, 0.6) is 0 Å². The van der Waals surface area contributed by atoms with Gasteiger partial charge in [0.15, 0.2) is 0 Å². The molecule has 24 heavy (non-hydrogen) atoms. The summed E-state index contributed by atoms with van der Waals surface area (Å²) in [6.45, 7) is 6.43. The monoisotopic (exact) mass is 361 g/mol. The highest BCUT2D eigenvalue weighted by Crippen LogP contribution is 2.50. The van der Waals surface area contributed by atoms with E-state index in [1.54, 1.807) is 0 Å². The third-order valence-electron chi connectivity index (χ3n) is 4.98. The Bertz CT molecular complexity index is 769. The van der Waals surface area contributed by atoms with Gasteiger partial charge >= 0.3 is 0 Å². The van der Waals surface area contributed by atoms with Crippen LogP contribution in [0.4, 0.5) is 5.69 Å². The number of amides is 1. The molecule has 0 saturated carbocycles. The van der Waals surface area contributed by atoms with Crippen LogP contribution in [-0.2, 0) is 10.2 Å². The van der Waals surface area contributed by atoms with Gasteiger partial charge < -0.3 is 4.90 Å². The van der Waals surface area contributed by atoms with E-state index in [9.17, 15) is 4.79 Å². The van der Waals surface area contributed by atoms with Crippen molar-refractivity contribution in [2.24, 2.45) is 0 Å². The first-order valence-corrected chi connectivity index (χ1v) is 8.95. The number of carbonyl (C=O) groups excluding carboxylic acids is 1. The highest BCUT2D eigenvalue weighted by molar-refractivity contribution is 6.30. The molecular formula is C20H21Cl2NO. The summed E-state index contributed by atoms with van der Waals surface area (Å²) in [6.07, 6.45) is 0.807. The number of benzene rings is 2. The zero-order valence-corrected chi connectivity index (χ0v) is 15.7. The second kappa shape index (κ2) is 6.09. The maximum Gasteiger partial charge on any atom is 0.242 e. The van der Waals surface area contributed by atoms with Crippen LogP contribution in [0.15, 0.2) is 48.5 Å². The fourth-order valence-electron chi connectivity index (χ4n) is 4.11. The molecule has 0 N–H and O–H groups in total. The number of alkyl halides is 1. The minimum absolute atomic E-state index is 0.0184. The van der Waals surface area contributed by atoms with E-state index in [1.165, 1.54) is 5.56 Å². The third-order valence-corrected chi connectivity index (χ3v) is 5.46. The number of fused-ring (bicyclic) bond motifs is 1. The average molecular weight is 362 g/mol. The number of nitrogens with zero attached hydrogens (tertiary/aromatic N) is 1. The number of rotatable bonds is 2. The molecule has 2 nitrogen and oxygen atoms in total. The molecule has 1 atom stereocenters. The first kappa shape index (κ1) is 17.3. The van der Waals surface area contributed by atoms with Gasteiger partial charge in [-0.25, -0.2) is 0 Å². The van der Waals surface area contributed by atoms with Gasteiger partial charge in [-0.05, 0) is 49.6 Å². The van der Waals surface area contributed by atoms with Crippen molar-refractivity contribution in [3.05, 3.63) is 64.7 Å². The Balaban J connectivity index is 2.23. The van der Waals surface area contributed by atoms with Gasteiger partial charge in [-0.15, -0.1) is 11.6 Å². The zero-order chi connectivity index (χ0) is 17.5. The molecule has 126 valence electrons. The lowest BCUT2D eigenvalue weighted by molar-refractivity contribution is -0.117. The molecule has 3 rings (SSSR count). The maximum absolute atomic E-state index is 12.5. The summed E-state index contributed by atoms with van der Waals surface area (Å²) >= 11 is 11.9. The molecule has 0 aromatic heterocycles. The Morgan fingerprint density at radius 3 is 2.33 bits per heavy atom. The number of hydrogen-bond donors (Lipinski definition) is 0. The highest BCUT2D eigenvalue weighted by Gasteiger charge is 2.47. The van der Waals surface area contributed by atoms with Gasteiger partial charge in [0.25, 0.3) is 0 Å². The number of anilines is 1. The van der Waals surface area contributed by atoms with E-state index in [0.29, 0.717) is 0 Å². The van der Waals surface area contributed by atoms with Gasteiger partial charge in [-0.3, -0.25) is 4.79 Å². The summed E-state index contributed by atoms with van der Waals surface area (Å²) < 4.78 is 0. The van der Waals surface area contributed by atoms with Gasteiger partial charge in [0.2, 0.25) is 5.91 Å². The molecule has 1 aliphatic rings. The molecule has 0 saturated heterocycles. The Morgan fingerprint density at radius 1 is 1.08 bits per heavy atom. The van der Waals surface area contributed by atoms with Gasteiger partial charge in [0.05, 0.1) is 0 Å². The molecule has 0 bridgehead atoms. The van der Waals surface area contributed by atoms with Crippen LogP contribution in [0.25, 0.3) is 0 Å². The number of carbonyl (C=O) groups is 1. The van der Waals surface area contributed by atoms with Gasteiger partial charge in [0, 0.05) is 21.7 Å². The van der Waals surface area contributed by atoms with Crippen molar-refractivity contribution in [1.29, 1.82) is 0 Å². The van der Waals surface area contributed by atoms with Gasteiger partial charge in [0.1, 0.15) is 5.88 Å². The first-order valence-electron chi connectivity index (χ1n) is 8.04. The second-order valence-electron chi connectivity index (χ2n) is 7.21. The third kappa shape index (κ3) is 2.72. The smallest absolute Gasteiger partial charge is 0.242 e. The number of para-hydroxylation sites is 1. The topological polar surface area (TPSA) is 20.3 Å². The normalized spacial score (nSPS) is 22.1. The van der Waals surface area contributed by atoms with E-state index in [2.05, 4.69) is 39.0 Å². The van der Waals surface area contributed by atoms with Crippen molar-refractivity contribution >= 4 is 34.8 Å². The lowest BCUT2D eigenvalue weighted by Crippen LogP contribution is -2.56. The molecule has 0 fully saturated rings. The SMILES string of the molecule is CC1(C)C[C@](C)(c2ccc(Cl)cc2)c2ccccc2N1C(=O)CCl. The molecule has 2 aromatic rings. The Morgan fingerprint density at radius 2 is 1.71 bits per heavy atom. The summed E-state index contributed by atoms with van der Waals surface area (Å²) in [7, 11) is 0. The van der Waals surface area contributed by atoms with Crippen molar-refractivity contribution in [2.75, 3.05) is 10.8 Å². The summed E-state index contributed by atoms with van der Waals surface area (Å²) in [5.41, 5.74) is 2.75. The van der Waals surface area contributed by atoms with Crippen molar-refractivity contribution in [1.82, 2.24) is 0 Å². The first-order chi connectivity index (χ1) is 11.3. The molecule has 0 radical (unpaired) electrons. The quantitative estimate of drug-likeness (QED) is 0.655. The lowest BCUT2D eigenvalue weighted by Gasteiger charge is -2.51. The molecular weight excluding hydrogens is 341 g/mol. The van der Waals surface area contributed by atoms with Crippen molar-refractivity contribution in [3.63, 3.8) is 0 Å². The minimum Gasteiger partial charge on any atom is -0.305 e. The molecule has 0 spiro atoms. The van der Waals surface area contributed by atoms with E-state index in [0.717, 1.165) is 22.7 Å². The molecule has 1 aliphatic heterocycles. The van der Waals surface area contributed by atoms with Crippen molar-refractivity contribution in [3.8, 4) is 0 Å². The molecule has 2 aromatic carbocycles. The van der Waals surface area contributed by atoms with E-state index < -0.39 is 0 Å². The zero-order valence-electron chi connectivity index (χ0n) is 14.1. The summed E-state index contributed by atoms with van der Waals surface area (Å²) in [5.74, 6) is -0.0811. The largest absolute Gasteiger partial charge is 0.305 e.